The summed E-state index contributed by atoms with van der Waals surface area (Å²) in [5.74, 6) is 0.865. The molecule has 0 saturated heterocycles. The second kappa shape index (κ2) is 6.87. The van der Waals surface area contributed by atoms with Gasteiger partial charge >= 0.3 is 0 Å². The van der Waals surface area contributed by atoms with Gasteiger partial charge in [-0.3, -0.25) is 0 Å². The van der Waals surface area contributed by atoms with E-state index in [9.17, 15) is 0 Å². The van der Waals surface area contributed by atoms with Crippen molar-refractivity contribution in [2.75, 3.05) is 48.9 Å². The van der Waals surface area contributed by atoms with Crippen molar-refractivity contribution in [3.05, 3.63) is 47.7 Å². The maximum Gasteiger partial charge on any atom is 0.126 e. The Labute approximate surface area is 137 Å². The van der Waals surface area contributed by atoms with Gasteiger partial charge in [0.2, 0.25) is 0 Å². The van der Waals surface area contributed by atoms with Gasteiger partial charge in [0.1, 0.15) is 5.82 Å². The average molecular weight is 312 g/mol. The number of hydrogen-bond donors (Lipinski definition) is 2. The highest BCUT2D eigenvalue weighted by molar-refractivity contribution is 5.58. The zero-order valence-electron chi connectivity index (χ0n) is 13.8. The van der Waals surface area contributed by atoms with Crippen LogP contribution < -0.4 is 15.1 Å². The van der Waals surface area contributed by atoms with Gasteiger partial charge in [0.15, 0.2) is 0 Å². The molecule has 2 aromatic rings. The van der Waals surface area contributed by atoms with Crippen LogP contribution in [0.15, 0.2) is 36.5 Å². The van der Waals surface area contributed by atoms with Crippen LogP contribution in [-0.4, -0.2) is 43.9 Å². The Hall–Kier alpha value is -2.27. The third-order valence-corrected chi connectivity index (χ3v) is 4.37. The molecule has 0 amide bonds. The molecule has 0 fully saturated rings. The Kier molecular flexibility index (Phi) is 4.67. The summed E-state index contributed by atoms with van der Waals surface area (Å²) in [5.41, 5.74) is 5.07. The van der Waals surface area contributed by atoms with Crippen molar-refractivity contribution >= 4 is 17.2 Å². The van der Waals surface area contributed by atoms with Crippen LogP contribution in [0.4, 0.5) is 17.2 Å². The van der Waals surface area contributed by atoms with Crippen LogP contribution in [0, 0.1) is 0 Å². The van der Waals surface area contributed by atoms with Gasteiger partial charge in [-0.1, -0.05) is 12.1 Å². The van der Waals surface area contributed by atoms with Gasteiger partial charge in [0, 0.05) is 39.4 Å². The van der Waals surface area contributed by atoms with Crippen molar-refractivity contribution in [2.45, 2.75) is 13.0 Å². The number of aliphatic hydroxyl groups is 1. The van der Waals surface area contributed by atoms with Crippen LogP contribution in [0.2, 0.25) is 0 Å². The van der Waals surface area contributed by atoms with Crippen LogP contribution in [0.5, 0.6) is 0 Å². The fourth-order valence-electron chi connectivity index (χ4n) is 2.92. The van der Waals surface area contributed by atoms with Crippen LogP contribution in [0.3, 0.4) is 0 Å². The lowest BCUT2D eigenvalue weighted by molar-refractivity contribution is 0.304. The highest BCUT2D eigenvalue weighted by atomic mass is 16.3. The zero-order valence-corrected chi connectivity index (χ0v) is 13.8. The normalized spacial score (nSPS) is 13.1. The van der Waals surface area contributed by atoms with Crippen LogP contribution >= 0.6 is 0 Å². The number of anilines is 3. The number of nitrogens with one attached hydrogen (secondary N) is 1. The summed E-state index contributed by atoms with van der Waals surface area (Å²) in [6.07, 6.45) is 2.96. The molecule has 122 valence electrons. The summed E-state index contributed by atoms with van der Waals surface area (Å²) in [7, 11) is 4.09. The number of fused-ring (bicyclic) bond motifs is 1. The molecule has 5 nitrogen and oxygen atoms in total. The first-order valence-electron chi connectivity index (χ1n) is 8.02. The van der Waals surface area contributed by atoms with Crippen LogP contribution in [0.1, 0.15) is 11.1 Å². The molecule has 1 aliphatic rings. The number of benzene rings is 1. The maximum atomic E-state index is 8.97. The second-order valence-corrected chi connectivity index (χ2v) is 6.03. The molecule has 1 aromatic carbocycles. The predicted octanol–water partition coefficient (Wildman–Crippen LogP) is 2.11. The molecule has 1 aromatic heterocycles. The number of hydrogen-bond acceptors (Lipinski definition) is 5. The van der Waals surface area contributed by atoms with E-state index in [1.54, 1.807) is 0 Å². The van der Waals surface area contributed by atoms with Crippen LogP contribution in [-0.2, 0) is 13.0 Å². The molecule has 0 unspecified atom stereocenters. The molecule has 3 rings (SSSR count). The molecule has 0 radical (unpaired) electrons. The van der Waals surface area contributed by atoms with E-state index in [2.05, 4.69) is 40.4 Å². The molecule has 2 heterocycles. The molecule has 0 saturated carbocycles. The highest BCUT2D eigenvalue weighted by Gasteiger charge is 2.15. The minimum Gasteiger partial charge on any atom is -0.395 e. The monoisotopic (exact) mass is 312 g/mol. The lowest BCUT2D eigenvalue weighted by Gasteiger charge is -2.17. The Morgan fingerprint density at radius 1 is 1.30 bits per heavy atom. The molecule has 1 aliphatic heterocycles. The molecule has 23 heavy (non-hydrogen) atoms. The lowest BCUT2D eigenvalue weighted by atomic mass is 10.1. The van der Waals surface area contributed by atoms with E-state index >= 15 is 0 Å². The summed E-state index contributed by atoms with van der Waals surface area (Å²) in [4.78, 5) is 8.72. The van der Waals surface area contributed by atoms with E-state index in [0.29, 0.717) is 6.54 Å². The van der Waals surface area contributed by atoms with E-state index in [1.807, 2.05) is 30.3 Å². The zero-order chi connectivity index (χ0) is 16.2. The molecular weight excluding hydrogens is 288 g/mol. The lowest BCUT2D eigenvalue weighted by Crippen LogP contribution is -2.21. The van der Waals surface area contributed by atoms with Crippen molar-refractivity contribution in [3.8, 4) is 0 Å². The van der Waals surface area contributed by atoms with Gasteiger partial charge in [-0.05, 0) is 35.7 Å². The van der Waals surface area contributed by atoms with E-state index in [-0.39, 0.29) is 6.61 Å². The average Bonchev–Trinajstić information content (AvgIpc) is 2.94. The summed E-state index contributed by atoms with van der Waals surface area (Å²) in [5, 5.41) is 12.3. The highest BCUT2D eigenvalue weighted by Crippen LogP contribution is 2.27. The standard InChI is InChI=1S/C18H24N4O/c1-21(9-10-23)16-4-6-18(20-13-16)19-12-14-3-5-17-15(11-14)7-8-22(17)2/h3-6,11,13,23H,7-10,12H2,1-2H3,(H,19,20). The fraction of sp³-hybridized carbons (Fsp3) is 0.389. The molecule has 0 bridgehead atoms. The SMILES string of the molecule is CN(CCO)c1ccc(NCc2ccc3c(c2)CCN3C)nc1. The largest absolute Gasteiger partial charge is 0.395 e. The van der Waals surface area contributed by atoms with Gasteiger partial charge in [-0.15, -0.1) is 0 Å². The first kappa shape index (κ1) is 15.6. The number of likely N-dealkylation sites (N-methyl/N-ethyl adjacent to an activating group) is 2. The summed E-state index contributed by atoms with van der Waals surface area (Å²) < 4.78 is 0. The Morgan fingerprint density at radius 2 is 2.17 bits per heavy atom. The molecular formula is C18H24N4O. The molecule has 0 aliphatic carbocycles. The van der Waals surface area contributed by atoms with Crippen molar-refractivity contribution in [2.24, 2.45) is 0 Å². The number of nitrogens with zero attached hydrogens (tertiary/aromatic N) is 3. The minimum absolute atomic E-state index is 0.143. The number of aliphatic hydroxyl groups excluding tert-OH is 1. The molecule has 0 spiro atoms. The number of rotatable bonds is 6. The van der Waals surface area contributed by atoms with Gasteiger partial charge in [0.25, 0.3) is 0 Å². The second-order valence-electron chi connectivity index (χ2n) is 6.03. The number of pyridine rings is 1. The van der Waals surface area contributed by atoms with Crippen LogP contribution in [0.25, 0.3) is 0 Å². The van der Waals surface area contributed by atoms with Crippen molar-refractivity contribution in [1.29, 1.82) is 0 Å². The van der Waals surface area contributed by atoms with Gasteiger partial charge < -0.3 is 20.2 Å². The van der Waals surface area contributed by atoms with Gasteiger partial charge in [0.05, 0.1) is 18.5 Å². The number of aromatic nitrogens is 1. The maximum absolute atomic E-state index is 8.97. The molecule has 0 atom stereocenters. The van der Waals surface area contributed by atoms with Crippen molar-refractivity contribution < 1.29 is 5.11 Å². The fourth-order valence-corrected chi connectivity index (χ4v) is 2.92. The summed E-state index contributed by atoms with van der Waals surface area (Å²) in [6, 6.07) is 10.7. The van der Waals surface area contributed by atoms with E-state index < -0.39 is 0 Å². The van der Waals surface area contributed by atoms with E-state index in [0.717, 1.165) is 31.0 Å². The minimum atomic E-state index is 0.143. The Bertz CT molecular complexity index is 657. The third kappa shape index (κ3) is 3.56. The first-order valence-corrected chi connectivity index (χ1v) is 8.02. The summed E-state index contributed by atoms with van der Waals surface area (Å²) >= 11 is 0. The Morgan fingerprint density at radius 3 is 2.91 bits per heavy atom. The van der Waals surface area contributed by atoms with Crippen molar-refractivity contribution in [3.63, 3.8) is 0 Å². The first-order chi connectivity index (χ1) is 11.2. The summed E-state index contributed by atoms with van der Waals surface area (Å²) in [6.45, 7) is 2.63. The van der Waals surface area contributed by atoms with E-state index in [4.69, 9.17) is 5.11 Å². The molecule has 5 heteroatoms. The third-order valence-electron chi connectivity index (χ3n) is 4.37. The Balaban J connectivity index is 1.60. The van der Waals surface area contributed by atoms with Gasteiger partial charge in [-0.25, -0.2) is 4.98 Å². The topological polar surface area (TPSA) is 51.6 Å². The predicted molar refractivity (Wildman–Crippen MR) is 95.3 cm³/mol. The van der Waals surface area contributed by atoms with E-state index in [1.165, 1.54) is 16.8 Å². The molecule has 2 N–H and O–H groups in total. The van der Waals surface area contributed by atoms with Crippen molar-refractivity contribution in [1.82, 2.24) is 4.98 Å². The smallest absolute Gasteiger partial charge is 0.126 e. The van der Waals surface area contributed by atoms with Gasteiger partial charge in [-0.2, -0.15) is 0 Å². The quantitative estimate of drug-likeness (QED) is 0.856.